The Morgan fingerprint density at radius 2 is 2.38 bits per heavy atom. The molecule has 2 aliphatic rings. The van der Waals surface area contributed by atoms with E-state index in [0.29, 0.717) is 4.74 Å². The monoisotopic (exact) mass is 298 g/mol. The molecule has 1 fully saturated rings. The van der Waals surface area contributed by atoms with Gasteiger partial charge in [-0.3, -0.25) is 10.7 Å². The van der Waals surface area contributed by atoms with Crippen molar-refractivity contribution >= 4 is 23.1 Å². The summed E-state index contributed by atoms with van der Waals surface area (Å²) < 4.78 is 10.8. The van der Waals surface area contributed by atoms with Crippen LogP contribution in [-0.2, 0) is 14.3 Å². The van der Waals surface area contributed by atoms with Crippen LogP contribution in [0.1, 0.15) is 20.8 Å². The average Bonchev–Trinajstić information content (AvgIpc) is 2.42. The normalized spacial score (nSPS) is 29.9. The number of fused-ring (bicyclic) bond motifs is 1. The molecule has 0 aliphatic carbocycles. The fourth-order valence-corrected chi connectivity index (χ4v) is 2.22. The molecular formula is C12H18N4O5. The summed E-state index contributed by atoms with van der Waals surface area (Å²) in [6, 6.07) is -1.17. The van der Waals surface area contributed by atoms with E-state index in [9.17, 15) is 15.2 Å². The van der Waals surface area contributed by atoms with Crippen molar-refractivity contribution in [1.82, 2.24) is 0 Å². The molecule has 116 valence electrons. The fourth-order valence-electron chi connectivity index (χ4n) is 2.22. The molecule has 0 amide bonds. The van der Waals surface area contributed by atoms with Gasteiger partial charge in [0.2, 0.25) is 17.9 Å². The van der Waals surface area contributed by atoms with Gasteiger partial charge in [0.25, 0.3) is 0 Å². The summed E-state index contributed by atoms with van der Waals surface area (Å²) in [5, 5.41) is 24.6. The maximum atomic E-state index is 12.2. The Morgan fingerprint density at radius 3 is 2.95 bits per heavy atom. The molecule has 2 rings (SSSR count). The van der Waals surface area contributed by atoms with Crippen molar-refractivity contribution in [3.05, 3.63) is 5.21 Å². The summed E-state index contributed by atoms with van der Waals surface area (Å²) in [4.78, 5) is 16.0. The Labute approximate surface area is 121 Å². The predicted octanol–water partition coefficient (Wildman–Crippen LogP) is -0.752. The van der Waals surface area contributed by atoms with E-state index >= 15 is 0 Å². The highest BCUT2D eigenvalue weighted by Gasteiger charge is 2.48. The van der Waals surface area contributed by atoms with Crippen LogP contribution in [0, 0.1) is 5.21 Å². The van der Waals surface area contributed by atoms with E-state index in [0.717, 1.165) is 0 Å². The van der Waals surface area contributed by atoms with Gasteiger partial charge in [0.05, 0.1) is 6.61 Å². The van der Waals surface area contributed by atoms with Crippen LogP contribution >= 0.6 is 0 Å². The van der Waals surface area contributed by atoms with Crippen molar-refractivity contribution in [3.8, 4) is 0 Å². The summed E-state index contributed by atoms with van der Waals surface area (Å²) in [6.45, 7) is 5.11. The first kappa shape index (κ1) is 15.4. The Hall–Kier alpha value is -2.00. The third kappa shape index (κ3) is 2.49. The lowest BCUT2D eigenvalue weighted by Crippen LogP contribution is -2.60. The Balaban J connectivity index is 2.48. The predicted molar refractivity (Wildman–Crippen MR) is 73.7 cm³/mol. The number of rotatable bonds is 2. The van der Waals surface area contributed by atoms with E-state index in [-0.39, 0.29) is 30.3 Å². The SMILES string of the molecule is CCOC(=O)C1N=C2C(=NO)C(C)(C)OCC2=[N+]([O-])C1N. The minimum absolute atomic E-state index is 0.0302. The minimum atomic E-state index is -1.20. The Bertz CT molecular complexity index is 552. The number of ether oxygens (including phenoxy) is 2. The lowest BCUT2D eigenvalue weighted by Gasteiger charge is -2.35. The van der Waals surface area contributed by atoms with Crippen molar-refractivity contribution in [2.75, 3.05) is 13.2 Å². The largest absolute Gasteiger partial charge is 0.622 e. The number of esters is 1. The molecule has 0 radical (unpaired) electrons. The minimum Gasteiger partial charge on any atom is -0.622 e. The van der Waals surface area contributed by atoms with Crippen molar-refractivity contribution in [1.29, 1.82) is 0 Å². The fraction of sp³-hybridized carbons (Fsp3) is 0.667. The zero-order chi connectivity index (χ0) is 15.8. The smallest absolute Gasteiger partial charge is 0.339 e. The van der Waals surface area contributed by atoms with E-state index in [1.807, 2.05) is 0 Å². The van der Waals surface area contributed by atoms with Gasteiger partial charge in [-0.1, -0.05) is 5.16 Å². The number of nitrogens with zero attached hydrogens (tertiary/aromatic N) is 3. The van der Waals surface area contributed by atoms with Crippen LogP contribution < -0.4 is 5.73 Å². The number of hydrogen-bond acceptors (Lipinski definition) is 8. The molecule has 2 heterocycles. The van der Waals surface area contributed by atoms with Crippen LogP contribution in [0.4, 0.5) is 0 Å². The van der Waals surface area contributed by atoms with E-state index in [2.05, 4.69) is 10.1 Å². The van der Waals surface area contributed by atoms with Crippen LogP contribution in [0.5, 0.6) is 0 Å². The molecule has 2 atom stereocenters. The zero-order valence-electron chi connectivity index (χ0n) is 12.1. The molecular weight excluding hydrogens is 280 g/mol. The van der Waals surface area contributed by atoms with Gasteiger partial charge in [0, 0.05) is 0 Å². The number of nitrogens with two attached hydrogens (primary N) is 1. The van der Waals surface area contributed by atoms with Crippen LogP contribution in [-0.4, -0.2) is 64.1 Å². The number of aliphatic imine (C=N–C) groups is 1. The summed E-state index contributed by atoms with van der Waals surface area (Å²) in [5.74, 6) is -0.695. The highest BCUT2D eigenvalue weighted by Crippen LogP contribution is 2.22. The van der Waals surface area contributed by atoms with E-state index in [1.165, 1.54) is 0 Å². The molecule has 0 aromatic heterocycles. The molecule has 9 heteroatoms. The van der Waals surface area contributed by atoms with Gasteiger partial charge in [-0.2, -0.15) is 4.74 Å². The lowest BCUT2D eigenvalue weighted by atomic mass is 9.91. The summed E-state index contributed by atoms with van der Waals surface area (Å²) in [7, 11) is 0. The molecule has 21 heavy (non-hydrogen) atoms. The number of hydrogen-bond donors (Lipinski definition) is 2. The van der Waals surface area contributed by atoms with Crippen molar-refractivity contribution in [2.45, 2.75) is 38.6 Å². The molecule has 3 N–H and O–H groups in total. The number of oxime groups is 1. The van der Waals surface area contributed by atoms with E-state index < -0.39 is 23.8 Å². The third-order valence-electron chi connectivity index (χ3n) is 3.39. The molecule has 0 aromatic rings. The first-order chi connectivity index (χ1) is 9.83. The van der Waals surface area contributed by atoms with Gasteiger partial charge in [0.1, 0.15) is 17.9 Å². The third-order valence-corrected chi connectivity index (χ3v) is 3.39. The highest BCUT2D eigenvalue weighted by molar-refractivity contribution is 6.70. The van der Waals surface area contributed by atoms with Gasteiger partial charge in [0.15, 0.2) is 5.71 Å². The second-order valence-electron chi connectivity index (χ2n) is 5.19. The number of carbonyl (C=O) groups excluding carboxylic acids is 1. The lowest BCUT2D eigenvalue weighted by molar-refractivity contribution is -0.503. The topological polar surface area (TPSA) is 133 Å². The van der Waals surface area contributed by atoms with Crippen molar-refractivity contribution in [3.63, 3.8) is 0 Å². The number of hydroxylamine groups is 1. The second kappa shape index (κ2) is 5.41. The first-order valence-electron chi connectivity index (χ1n) is 6.53. The van der Waals surface area contributed by atoms with E-state index in [4.69, 9.17) is 15.2 Å². The molecule has 0 saturated carbocycles. The van der Waals surface area contributed by atoms with Crippen molar-refractivity contribution < 1.29 is 24.2 Å². The number of carbonyl (C=O) groups is 1. The van der Waals surface area contributed by atoms with Gasteiger partial charge in [-0.25, -0.2) is 4.79 Å². The molecule has 0 bridgehead atoms. The van der Waals surface area contributed by atoms with Gasteiger partial charge >= 0.3 is 5.97 Å². The average molecular weight is 298 g/mol. The molecule has 1 saturated heterocycles. The van der Waals surface area contributed by atoms with Gasteiger partial charge < -0.3 is 19.9 Å². The molecule has 0 spiro atoms. The molecule has 2 unspecified atom stereocenters. The summed E-state index contributed by atoms with van der Waals surface area (Å²) in [5.41, 5.74) is 5.15. The first-order valence-corrected chi connectivity index (χ1v) is 6.53. The van der Waals surface area contributed by atoms with Gasteiger partial charge in [-0.15, -0.1) is 0 Å². The van der Waals surface area contributed by atoms with E-state index in [1.54, 1.807) is 20.8 Å². The maximum Gasteiger partial charge on any atom is 0.339 e. The standard InChI is InChI=1S/C12H18N4O5/c1-4-20-11(17)8-10(13)16(19)6-5-21-12(2,3)9(15-18)7(6)14-8/h8,10,18H,4-5,13H2,1-3H3. The Kier molecular flexibility index (Phi) is 3.97. The Morgan fingerprint density at radius 1 is 1.71 bits per heavy atom. The van der Waals surface area contributed by atoms with Crippen LogP contribution in [0.2, 0.25) is 0 Å². The van der Waals surface area contributed by atoms with Crippen LogP contribution in [0.3, 0.4) is 0 Å². The molecule has 0 aromatic carbocycles. The maximum absolute atomic E-state index is 12.2. The van der Waals surface area contributed by atoms with Crippen LogP contribution in [0.15, 0.2) is 10.1 Å². The summed E-state index contributed by atoms with van der Waals surface area (Å²) >= 11 is 0. The zero-order valence-corrected chi connectivity index (χ0v) is 12.1. The molecule has 2 aliphatic heterocycles. The highest BCUT2D eigenvalue weighted by atomic mass is 16.5. The second-order valence-corrected chi connectivity index (χ2v) is 5.19. The quantitative estimate of drug-likeness (QED) is 0.226. The summed E-state index contributed by atoms with van der Waals surface area (Å²) in [6.07, 6.45) is -1.20. The van der Waals surface area contributed by atoms with Crippen LogP contribution in [0.25, 0.3) is 0 Å². The molecule has 9 nitrogen and oxygen atoms in total. The van der Waals surface area contributed by atoms with Gasteiger partial charge in [-0.05, 0) is 20.8 Å². The van der Waals surface area contributed by atoms with Crippen molar-refractivity contribution in [2.24, 2.45) is 15.9 Å².